The molecule has 2 heterocycles. The number of aromatic nitrogens is 2. The van der Waals surface area contributed by atoms with Crippen molar-refractivity contribution >= 4 is 0 Å². The van der Waals surface area contributed by atoms with Gasteiger partial charge in [0.25, 0.3) is 0 Å². The van der Waals surface area contributed by atoms with Crippen LogP contribution in [0.25, 0.3) is 0 Å². The molecule has 1 aliphatic heterocycles. The molecule has 0 amide bonds. The van der Waals surface area contributed by atoms with Crippen LogP contribution in [-0.2, 0) is 4.74 Å². The minimum atomic E-state index is -0.0701. The van der Waals surface area contributed by atoms with Crippen LogP contribution < -0.4 is 0 Å². The van der Waals surface area contributed by atoms with Gasteiger partial charge in [-0.15, -0.1) is 0 Å². The monoisotopic (exact) mass is 235 g/mol. The molecule has 1 saturated carbocycles. The molecule has 94 valence electrons. The van der Waals surface area contributed by atoms with Gasteiger partial charge in [-0.3, -0.25) is 4.68 Å². The molecular formula is C13H21N3O. The van der Waals surface area contributed by atoms with Crippen LogP contribution in [0, 0.1) is 0 Å². The molecule has 2 fully saturated rings. The highest BCUT2D eigenvalue weighted by Crippen LogP contribution is 2.36. The third-order valence-corrected chi connectivity index (χ3v) is 3.50. The summed E-state index contributed by atoms with van der Waals surface area (Å²) in [4.78, 5) is 2.34. The zero-order valence-electron chi connectivity index (χ0n) is 10.9. The molecule has 1 saturated heterocycles. The summed E-state index contributed by atoms with van der Waals surface area (Å²) in [5.41, 5.74) is 1.15. The number of ether oxygens (including phenoxy) is 1. The third-order valence-electron chi connectivity index (χ3n) is 3.50. The highest BCUT2D eigenvalue weighted by molar-refractivity contribution is 5.12. The molecule has 2 aliphatic rings. The molecule has 17 heavy (non-hydrogen) atoms. The summed E-state index contributed by atoms with van der Waals surface area (Å²) in [5.74, 6) is 0. The van der Waals surface area contributed by atoms with Gasteiger partial charge in [0.05, 0.1) is 23.9 Å². The maximum atomic E-state index is 6.15. The van der Waals surface area contributed by atoms with Crippen molar-refractivity contribution in [3.63, 3.8) is 0 Å². The average molecular weight is 235 g/mol. The fourth-order valence-corrected chi connectivity index (χ4v) is 2.69. The van der Waals surface area contributed by atoms with Crippen LogP contribution in [0.4, 0.5) is 0 Å². The van der Waals surface area contributed by atoms with Crippen LogP contribution in [0.1, 0.15) is 44.4 Å². The SMILES string of the molecule is CN1CC(c2cnn(C3CC3)c2)OC(C)(C)C1. The quantitative estimate of drug-likeness (QED) is 0.785. The average Bonchev–Trinajstić information content (AvgIpc) is 2.93. The lowest BCUT2D eigenvalue weighted by Gasteiger charge is -2.41. The highest BCUT2D eigenvalue weighted by Gasteiger charge is 2.33. The fraction of sp³-hybridized carbons (Fsp3) is 0.769. The molecule has 1 atom stereocenters. The van der Waals surface area contributed by atoms with Crippen LogP contribution in [-0.4, -0.2) is 40.4 Å². The van der Waals surface area contributed by atoms with Crippen molar-refractivity contribution in [1.82, 2.24) is 14.7 Å². The molecule has 1 aliphatic carbocycles. The summed E-state index contributed by atoms with van der Waals surface area (Å²) < 4.78 is 8.25. The van der Waals surface area contributed by atoms with Crippen LogP contribution in [0.5, 0.6) is 0 Å². The van der Waals surface area contributed by atoms with Crippen molar-refractivity contribution in [3.8, 4) is 0 Å². The predicted molar refractivity (Wildman–Crippen MR) is 65.9 cm³/mol. The van der Waals surface area contributed by atoms with Gasteiger partial charge in [0.15, 0.2) is 0 Å². The van der Waals surface area contributed by atoms with Crippen LogP contribution >= 0.6 is 0 Å². The van der Waals surface area contributed by atoms with Crippen molar-refractivity contribution in [2.45, 2.75) is 44.4 Å². The molecular weight excluding hydrogens is 214 g/mol. The van der Waals surface area contributed by atoms with Gasteiger partial charge < -0.3 is 9.64 Å². The van der Waals surface area contributed by atoms with Crippen LogP contribution in [0.3, 0.4) is 0 Å². The Balaban J connectivity index is 1.77. The maximum Gasteiger partial charge on any atom is 0.0989 e. The molecule has 0 bridgehead atoms. The smallest absolute Gasteiger partial charge is 0.0989 e. The summed E-state index contributed by atoms with van der Waals surface area (Å²) in [7, 11) is 2.16. The van der Waals surface area contributed by atoms with E-state index in [1.807, 2.05) is 6.20 Å². The van der Waals surface area contributed by atoms with Gasteiger partial charge in [0.1, 0.15) is 0 Å². The number of rotatable bonds is 2. The summed E-state index contributed by atoms with van der Waals surface area (Å²) in [6, 6.07) is 0.651. The Morgan fingerprint density at radius 1 is 1.41 bits per heavy atom. The highest BCUT2D eigenvalue weighted by atomic mass is 16.5. The van der Waals surface area contributed by atoms with E-state index < -0.39 is 0 Å². The van der Waals surface area contributed by atoms with Crippen molar-refractivity contribution in [1.29, 1.82) is 0 Å². The second-order valence-corrected chi connectivity index (χ2v) is 6.05. The first-order valence-electron chi connectivity index (χ1n) is 6.44. The Bertz CT molecular complexity index is 409. The zero-order valence-corrected chi connectivity index (χ0v) is 10.9. The lowest BCUT2D eigenvalue weighted by Crippen LogP contribution is -2.47. The predicted octanol–water partition coefficient (Wildman–Crippen LogP) is 2.00. The molecule has 3 rings (SSSR count). The first-order valence-corrected chi connectivity index (χ1v) is 6.44. The standard InChI is InChI=1S/C13H21N3O/c1-13(2)9-15(3)8-12(17-13)10-6-14-16(7-10)11-4-5-11/h6-7,11-12H,4-5,8-9H2,1-3H3. The van der Waals surface area contributed by atoms with Gasteiger partial charge in [0.2, 0.25) is 0 Å². The molecule has 4 heteroatoms. The number of nitrogens with zero attached hydrogens (tertiary/aromatic N) is 3. The Kier molecular flexibility index (Phi) is 2.52. The number of morpholine rings is 1. The normalized spacial score (nSPS) is 29.5. The molecule has 0 spiro atoms. The third kappa shape index (κ3) is 2.38. The summed E-state index contributed by atoms with van der Waals surface area (Å²) in [6.07, 6.45) is 6.85. The summed E-state index contributed by atoms with van der Waals surface area (Å²) >= 11 is 0. The van der Waals surface area contributed by atoms with E-state index in [-0.39, 0.29) is 11.7 Å². The second-order valence-electron chi connectivity index (χ2n) is 6.05. The van der Waals surface area contributed by atoms with Gasteiger partial charge >= 0.3 is 0 Å². The van der Waals surface area contributed by atoms with E-state index >= 15 is 0 Å². The van der Waals surface area contributed by atoms with E-state index in [9.17, 15) is 0 Å². The lowest BCUT2D eigenvalue weighted by molar-refractivity contribution is -0.132. The van der Waals surface area contributed by atoms with Crippen molar-refractivity contribution in [2.24, 2.45) is 0 Å². The van der Waals surface area contributed by atoms with Crippen molar-refractivity contribution in [3.05, 3.63) is 18.0 Å². The minimum Gasteiger partial charge on any atom is -0.365 e. The Morgan fingerprint density at radius 3 is 2.82 bits per heavy atom. The second kappa shape index (κ2) is 3.82. The Morgan fingerprint density at radius 2 is 2.18 bits per heavy atom. The van der Waals surface area contributed by atoms with Crippen LogP contribution in [0.2, 0.25) is 0 Å². The molecule has 0 radical (unpaired) electrons. The van der Waals surface area contributed by atoms with Gasteiger partial charge in [0, 0.05) is 24.8 Å². The van der Waals surface area contributed by atoms with E-state index in [1.54, 1.807) is 0 Å². The van der Waals surface area contributed by atoms with Crippen LogP contribution in [0.15, 0.2) is 12.4 Å². The molecule has 0 aromatic carbocycles. The number of hydrogen-bond donors (Lipinski definition) is 0. The topological polar surface area (TPSA) is 30.3 Å². The zero-order chi connectivity index (χ0) is 12.0. The first-order chi connectivity index (χ1) is 8.03. The summed E-state index contributed by atoms with van der Waals surface area (Å²) in [5, 5.41) is 4.44. The van der Waals surface area contributed by atoms with Crippen molar-refractivity contribution in [2.75, 3.05) is 20.1 Å². The van der Waals surface area contributed by atoms with E-state index in [1.165, 1.54) is 18.4 Å². The van der Waals surface area contributed by atoms with E-state index in [4.69, 9.17) is 4.74 Å². The molecule has 1 aromatic heterocycles. The van der Waals surface area contributed by atoms with Crippen molar-refractivity contribution < 1.29 is 4.74 Å². The molecule has 1 unspecified atom stereocenters. The minimum absolute atomic E-state index is 0.0701. The van der Waals surface area contributed by atoms with Gasteiger partial charge in [-0.1, -0.05) is 0 Å². The Hall–Kier alpha value is -0.870. The van der Waals surface area contributed by atoms with Gasteiger partial charge in [-0.05, 0) is 33.7 Å². The largest absolute Gasteiger partial charge is 0.365 e. The maximum absolute atomic E-state index is 6.15. The Labute approximate surface area is 103 Å². The molecule has 0 N–H and O–H groups in total. The lowest BCUT2D eigenvalue weighted by atomic mass is 10.0. The van der Waals surface area contributed by atoms with Gasteiger partial charge in [-0.2, -0.15) is 5.10 Å². The van der Waals surface area contributed by atoms with E-state index in [0.717, 1.165) is 13.1 Å². The van der Waals surface area contributed by atoms with Gasteiger partial charge in [-0.25, -0.2) is 0 Å². The molecule has 1 aromatic rings. The number of likely N-dealkylation sites (N-methyl/N-ethyl adjacent to an activating group) is 1. The summed E-state index contributed by atoms with van der Waals surface area (Å²) in [6.45, 7) is 6.25. The molecule has 4 nitrogen and oxygen atoms in total. The first kappa shape index (κ1) is 11.2. The van der Waals surface area contributed by atoms with E-state index in [2.05, 4.69) is 41.8 Å². The number of hydrogen-bond acceptors (Lipinski definition) is 3. The van der Waals surface area contributed by atoms with E-state index in [0.29, 0.717) is 6.04 Å². The fourth-order valence-electron chi connectivity index (χ4n) is 2.69.